The van der Waals surface area contributed by atoms with E-state index in [1.165, 1.54) is 0 Å². The smallest absolute Gasteiger partial charge is 0.330 e. The molecule has 1 spiro atoms. The average Bonchev–Trinajstić information content (AvgIpc) is 2.63. The van der Waals surface area contributed by atoms with Crippen molar-refractivity contribution in [2.24, 2.45) is 5.41 Å². The lowest BCUT2D eigenvalue weighted by Gasteiger charge is -2.49. The van der Waals surface area contributed by atoms with Crippen molar-refractivity contribution in [2.45, 2.75) is 25.4 Å². The van der Waals surface area contributed by atoms with E-state index in [2.05, 4.69) is 13.2 Å². The minimum atomic E-state index is -1.02. The fourth-order valence-electron chi connectivity index (χ4n) is 2.25. The molecule has 0 amide bonds. The summed E-state index contributed by atoms with van der Waals surface area (Å²) in [7, 11) is 0. The van der Waals surface area contributed by atoms with Crippen LogP contribution in [0, 0.1) is 5.41 Å². The number of esters is 2. The Morgan fingerprint density at radius 2 is 1.16 bits per heavy atom. The summed E-state index contributed by atoms with van der Waals surface area (Å²) >= 11 is 0. The van der Waals surface area contributed by atoms with Crippen molar-refractivity contribution < 1.29 is 38.0 Å². The zero-order chi connectivity index (χ0) is 18.6. The number of hydrogen-bond donors (Lipinski definition) is 0. The van der Waals surface area contributed by atoms with Crippen LogP contribution in [0.25, 0.3) is 0 Å². The highest BCUT2D eigenvalue weighted by atomic mass is 16.7. The van der Waals surface area contributed by atoms with Crippen LogP contribution < -0.4 is 0 Å². The lowest BCUT2D eigenvalue weighted by molar-refractivity contribution is -0.368. The Morgan fingerprint density at radius 3 is 1.44 bits per heavy atom. The van der Waals surface area contributed by atoms with Gasteiger partial charge < -0.3 is 28.4 Å². The van der Waals surface area contributed by atoms with Gasteiger partial charge in [0, 0.05) is 12.2 Å². The second-order valence-corrected chi connectivity index (χ2v) is 6.55. The van der Waals surface area contributed by atoms with Gasteiger partial charge in [0.1, 0.15) is 13.2 Å². The van der Waals surface area contributed by atoms with E-state index < -0.39 is 28.9 Å². The third-order valence-corrected chi connectivity index (χ3v) is 4.02. The molecule has 0 radical (unpaired) electrons. The molecule has 2 fully saturated rings. The molecule has 0 N–H and O–H groups in total. The third-order valence-electron chi connectivity index (χ3n) is 4.02. The van der Waals surface area contributed by atoms with Crippen molar-refractivity contribution in [2.75, 3.05) is 39.6 Å². The maximum absolute atomic E-state index is 11.2. The van der Waals surface area contributed by atoms with Gasteiger partial charge in [-0.2, -0.15) is 0 Å². The maximum Gasteiger partial charge on any atom is 0.330 e. The molecule has 2 heterocycles. The lowest BCUT2D eigenvalue weighted by Crippen LogP contribution is -2.59. The fraction of sp³-hybridized carbons (Fsp3) is 0.647. The summed E-state index contributed by atoms with van der Waals surface area (Å²) in [4.78, 5) is 22.3. The van der Waals surface area contributed by atoms with Gasteiger partial charge in [-0.1, -0.05) is 13.2 Å². The van der Waals surface area contributed by atoms with E-state index in [9.17, 15) is 9.59 Å². The Kier molecular flexibility index (Phi) is 5.99. The first kappa shape index (κ1) is 19.6. The molecule has 0 aliphatic carbocycles. The summed E-state index contributed by atoms with van der Waals surface area (Å²) in [6, 6.07) is 0. The Labute approximate surface area is 146 Å². The zero-order valence-corrected chi connectivity index (χ0v) is 14.6. The molecule has 0 unspecified atom stereocenters. The number of rotatable bonds is 6. The normalized spacial score (nSPS) is 35.0. The molecule has 0 atom stereocenters. The maximum atomic E-state index is 11.2. The molecule has 2 aliphatic rings. The van der Waals surface area contributed by atoms with Gasteiger partial charge in [-0.25, -0.2) is 9.59 Å². The first-order valence-electron chi connectivity index (χ1n) is 7.88. The molecule has 25 heavy (non-hydrogen) atoms. The Balaban J connectivity index is 1.82. The average molecular weight is 356 g/mol. The highest BCUT2D eigenvalue weighted by Gasteiger charge is 2.49. The van der Waals surface area contributed by atoms with Crippen molar-refractivity contribution in [3.8, 4) is 0 Å². The second kappa shape index (κ2) is 7.65. The quantitative estimate of drug-likeness (QED) is 0.513. The monoisotopic (exact) mass is 356 g/mol. The van der Waals surface area contributed by atoms with Crippen LogP contribution in [-0.2, 0) is 38.0 Å². The highest BCUT2D eigenvalue weighted by Crippen LogP contribution is 2.36. The fourth-order valence-corrected chi connectivity index (χ4v) is 2.25. The largest absolute Gasteiger partial charge is 0.457 e. The minimum absolute atomic E-state index is 0.0368. The molecule has 0 bridgehead atoms. The number of carbonyl (C=O) groups excluding carboxylic acids is 2. The van der Waals surface area contributed by atoms with Crippen LogP contribution in [0.2, 0.25) is 0 Å². The highest BCUT2D eigenvalue weighted by molar-refractivity contribution is 5.81. The molecule has 140 valence electrons. The topological polar surface area (TPSA) is 89.5 Å². The van der Waals surface area contributed by atoms with E-state index in [0.29, 0.717) is 26.4 Å². The molecule has 0 aromatic rings. The molecule has 2 aliphatic heterocycles. The molecule has 2 saturated heterocycles. The molecule has 0 aromatic carbocycles. The minimum Gasteiger partial charge on any atom is -0.457 e. The van der Waals surface area contributed by atoms with Gasteiger partial charge >= 0.3 is 11.9 Å². The van der Waals surface area contributed by atoms with Gasteiger partial charge in [0.15, 0.2) is 11.6 Å². The van der Waals surface area contributed by atoms with E-state index >= 15 is 0 Å². The van der Waals surface area contributed by atoms with Crippen molar-refractivity contribution in [1.29, 1.82) is 0 Å². The summed E-state index contributed by atoms with van der Waals surface area (Å²) < 4.78 is 32.9. The molecule has 0 aromatic heterocycles. The predicted octanol–water partition coefficient (Wildman–Crippen LogP) is 0.957. The van der Waals surface area contributed by atoms with Gasteiger partial charge in [-0.3, -0.25) is 0 Å². The standard InChI is InChI=1S/C17H24O8/c1-5-13(18)20-7-15(3)22-9-17(10-23-15)11-24-16(4,25-12-17)8-21-14(19)6-2/h5-6H,1-2,7-12H2,3-4H3. The third kappa shape index (κ3) is 5.12. The molecule has 2 rings (SSSR count). The van der Waals surface area contributed by atoms with Gasteiger partial charge in [0.05, 0.1) is 31.8 Å². The molecule has 8 nitrogen and oxygen atoms in total. The Morgan fingerprint density at radius 1 is 0.840 bits per heavy atom. The second-order valence-electron chi connectivity index (χ2n) is 6.55. The van der Waals surface area contributed by atoms with Crippen LogP contribution in [0.15, 0.2) is 25.3 Å². The molecular formula is C17H24O8. The van der Waals surface area contributed by atoms with Gasteiger partial charge in [0.2, 0.25) is 0 Å². The summed E-state index contributed by atoms with van der Waals surface area (Å²) in [5, 5.41) is 0. The van der Waals surface area contributed by atoms with Crippen LogP contribution in [0.5, 0.6) is 0 Å². The van der Waals surface area contributed by atoms with Crippen LogP contribution in [0.1, 0.15) is 13.8 Å². The molecule has 0 saturated carbocycles. The summed E-state index contributed by atoms with van der Waals surface area (Å²) in [6.45, 7) is 11.3. The number of hydrogen-bond acceptors (Lipinski definition) is 8. The Bertz CT molecular complexity index is 473. The first-order chi connectivity index (χ1) is 11.7. The summed E-state index contributed by atoms with van der Waals surface area (Å²) in [5.74, 6) is -3.13. The van der Waals surface area contributed by atoms with E-state index in [1.54, 1.807) is 13.8 Å². The van der Waals surface area contributed by atoms with Gasteiger partial charge in [0.25, 0.3) is 0 Å². The molecular weight excluding hydrogens is 332 g/mol. The lowest BCUT2D eigenvalue weighted by atomic mass is 9.89. The molecule has 8 heteroatoms. The SMILES string of the molecule is C=CC(=O)OCC1(C)OCC2(CO1)COC(C)(COC(=O)C=C)OC2. The van der Waals surface area contributed by atoms with E-state index in [0.717, 1.165) is 12.2 Å². The summed E-state index contributed by atoms with van der Waals surface area (Å²) in [6.07, 6.45) is 2.16. The van der Waals surface area contributed by atoms with Crippen molar-refractivity contribution in [1.82, 2.24) is 0 Å². The van der Waals surface area contributed by atoms with Crippen molar-refractivity contribution in [3.05, 3.63) is 25.3 Å². The predicted molar refractivity (Wildman–Crippen MR) is 85.4 cm³/mol. The zero-order valence-electron chi connectivity index (χ0n) is 14.6. The van der Waals surface area contributed by atoms with Crippen LogP contribution in [0.4, 0.5) is 0 Å². The van der Waals surface area contributed by atoms with E-state index in [1.807, 2.05) is 0 Å². The number of carbonyl (C=O) groups is 2. The Hall–Kier alpha value is -1.74. The van der Waals surface area contributed by atoms with Crippen molar-refractivity contribution in [3.63, 3.8) is 0 Å². The van der Waals surface area contributed by atoms with E-state index in [4.69, 9.17) is 28.4 Å². The van der Waals surface area contributed by atoms with Crippen molar-refractivity contribution >= 4 is 11.9 Å². The van der Waals surface area contributed by atoms with Gasteiger partial charge in [-0.15, -0.1) is 0 Å². The van der Waals surface area contributed by atoms with Crippen LogP contribution in [-0.4, -0.2) is 63.2 Å². The summed E-state index contributed by atoms with van der Waals surface area (Å²) in [5.41, 5.74) is -0.468. The van der Waals surface area contributed by atoms with E-state index in [-0.39, 0.29) is 13.2 Å². The van der Waals surface area contributed by atoms with Crippen LogP contribution >= 0.6 is 0 Å². The van der Waals surface area contributed by atoms with Gasteiger partial charge in [-0.05, 0) is 13.8 Å². The number of ether oxygens (including phenoxy) is 6. The first-order valence-corrected chi connectivity index (χ1v) is 7.88. The van der Waals surface area contributed by atoms with Crippen LogP contribution in [0.3, 0.4) is 0 Å².